The van der Waals surface area contributed by atoms with E-state index in [0.29, 0.717) is 18.7 Å². The molecule has 1 heterocycles. The van der Waals surface area contributed by atoms with E-state index in [1.54, 1.807) is 61.6 Å². The van der Waals surface area contributed by atoms with E-state index >= 15 is 24.0 Å². The third-order valence-corrected chi connectivity index (χ3v) is 18.5. The van der Waals surface area contributed by atoms with Crippen LogP contribution in [0.5, 0.6) is 0 Å². The molecule has 0 aromatic carbocycles. The molecule has 25 nitrogen and oxygen atoms in total. The summed E-state index contributed by atoms with van der Waals surface area (Å²) in [6.45, 7) is 29.6. The number of hydrogen-bond acceptors (Lipinski definition) is 16. The van der Waals surface area contributed by atoms with Gasteiger partial charge in [-0.2, -0.15) is 0 Å². The smallest absolute Gasteiger partial charge is 0.256 e. The highest BCUT2D eigenvalue weighted by Crippen LogP contribution is 2.28. The number of likely N-dealkylation sites (N-methyl/N-ethyl adjacent to an activating group) is 7. The summed E-state index contributed by atoms with van der Waals surface area (Å²) in [5.41, 5.74) is -1.58. The maximum Gasteiger partial charge on any atom is 0.256 e. The van der Waals surface area contributed by atoms with Crippen LogP contribution in [0.15, 0.2) is 12.2 Å². The first-order valence-corrected chi connectivity index (χ1v) is 33.9. The summed E-state index contributed by atoms with van der Waals surface area (Å²) in [6, 6.07) is -12.7. The van der Waals surface area contributed by atoms with Gasteiger partial charge in [-0.1, -0.05) is 95.2 Å². The third kappa shape index (κ3) is 24.4. The fourth-order valence-electron chi connectivity index (χ4n) is 11.4. The zero-order valence-electron chi connectivity index (χ0n) is 60.7. The van der Waals surface area contributed by atoms with Crippen molar-refractivity contribution in [2.75, 3.05) is 75.7 Å². The predicted molar refractivity (Wildman–Crippen MR) is 361 cm³/mol. The zero-order chi connectivity index (χ0) is 71.5. The Kier molecular flexibility index (Phi) is 35.1. The van der Waals surface area contributed by atoms with Gasteiger partial charge < -0.3 is 70.9 Å². The Hall–Kier alpha value is -5.41. The number of nitrogens with one attached hydrogen (secondary N) is 4. The van der Waals surface area contributed by atoms with Crippen molar-refractivity contribution in [3.8, 4) is 0 Å². The van der Waals surface area contributed by atoms with Gasteiger partial charge in [0.1, 0.15) is 54.6 Å². The Morgan fingerprint density at radius 3 is 1.54 bits per heavy atom. The lowest BCUT2D eigenvalue weighted by Crippen LogP contribution is -2.64. The largest absolute Gasteiger partial charge is 0.390 e. The minimum absolute atomic E-state index is 0.0252. The minimum atomic E-state index is -1.65. The molecule has 0 radical (unpaired) electrons. The summed E-state index contributed by atoms with van der Waals surface area (Å²) in [5.74, 6) is -9.10. The lowest BCUT2D eigenvalue weighted by Gasteiger charge is -2.43. The van der Waals surface area contributed by atoms with Crippen molar-refractivity contribution in [3.05, 3.63) is 12.2 Å². The van der Waals surface area contributed by atoms with Gasteiger partial charge in [0, 0.05) is 61.0 Å². The molecule has 7 N–H and O–H groups in total. The van der Waals surface area contributed by atoms with E-state index < -0.39 is 161 Å². The van der Waals surface area contributed by atoms with Crippen molar-refractivity contribution in [1.29, 1.82) is 0 Å². The molecule has 1 saturated heterocycles. The number of allylic oxidation sites excluding steroid dienone is 2. The average molecular weight is 1320 g/mol. The molecular weight excluding hydrogens is 1200 g/mol. The molecule has 0 aromatic heterocycles. The van der Waals surface area contributed by atoms with Crippen LogP contribution in [0.1, 0.15) is 156 Å². The van der Waals surface area contributed by atoms with Gasteiger partial charge >= 0.3 is 0 Å². The van der Waals surface area contributed by atoms with Gasteiger partial charge in [-0.3, -0.25) is 52.8 Å². The maximum absolute atomic E-state index is 15.3. The molecule has 0 spiro atoms. The Morgan fingerprint density at radius 1 is 0.565 bits per heavy atom. The number of aliphatic hydroxyl groups is 3. The quantitative estimate of drug-likeness (QED) is 0.0915. The molecule has 92 heavy (non-hydrogen) atoms. The molecular formula is C66H122N12O13S. The summed E-state index contributed by atoms with van der Waals surface area (Å²) >= 11 is 1.10. The van der Waals surface area contributed by atoms with Crippen LogP contribution < -0.4 is 21.3 Å². The van der Waals surface area contributed by atoms with Crippen molar-refractivity contribution < 1.29 is 63.3 Å². The van der Waals surface area contributed by atoms with E-state index in [9.17, 15) is 39.3 Å². The van der Waals surface area contributed by atoms with Gasteiger partial charge in [0.2, 0.25) is 53.2 Å². The van der Waals surface area contributed by atoms with E-state index in [1.807, 2.05) is 66.6 Å². The molecule has 26 heteroatoms. The lowest BCUT2D eigenvalue weighted by atomic mass is 9.91. The Balaban J connectivity index is 4.55. The highest BCUT2D eigenvalue weighted by atomic mass is 32.2. The van der Waals surface area contributed by atoms with Crippen LogP contribution in [-0.4, -0.2) is 273 Å². The number of rotatable bonds is 19. The van der Waals surface area contributed by atoms with Crippen molar-refractivity contribution in [1.82, 2.24) is 60.5 Å². The van der Waals surface area contributed by atoms with Gasteiger partial charge in [-0.15, -0.1) is 11.8 Å². The van der Waals surface area contributed by atoms with Crippen LogP contribution in [0.4, 0.5) is 0 Å². The van der Waals surface area contributed by atoms with E-state index in [0.717, 1.165) is 21.6 Å². The van der Waals surface area contributed by atoms with E-state index in [-0.39, 0.29) is 49.9 Å². The number of carbonyl (C=O) groups is 10. The highest BCUT2D eigenvalue weighted by molar-refractivity contribution is 8.00. The lowest BCUT2D eigenvalue weighted by molar-refractivity contribution is -0.158. The monoisotopic (exact) mass is 1320 g/mol. The second-order valence-corrected chi connectivity index (χ2v) is 29.6. The van der Waals surface area contributed by atoms with Crippen LogP contribution in [0, 0.1) is 35.5 Å². The van der Waals surface area contributed by atoms with Gasteiger partial charge in [0.05, 0.1) is 23.8 Å². The molecule has 0 bridgehead atoms. The van der Waals surface area contributed by atoms with Gasteiger partial charge in [0.25, 0.3) is 5.91 Å². The molecule has 0 aromatic rings. The van der Waals surface area contributed by atoms with E-state index in [2.05, 4.69) is 21.3 Å². The summed E-state index contributed by atoms with van der Waals surface area (Å²) in [7, 11) is 13.7. The summed E-state index contributed by atoms with van der Waals surface area (Å²) in [4.78, 5) is 159. The average Bonchev–Trinajstić information content (AvgIpc) is 0.830. The Bertz CT molecular complexity index is 2480. The number of amides is 10. The van der Waals surface area contributed by atoms with Crippen LogP contribution >= 0.6 is 11.8 Å². The third-order valence-electron chi connectivity index (χ3n) is 17.2. The molecule has 1 rings (SSSR count). The Morgan fingerprint density at radius 2 is 1.07 bits per heavy atom. The highest BCUT2D eigenvalue weighted by Gasteiger charge is 2.47. The van der Waals surface area contributed by atoms with Gasteiger partial charge in [0.15, 0.2) is 5.37 Å². The first kappa shape index (κ1) is 84.6. The topological polar surface area (TPSA) is 305 Å². The number of nitrogens with zero attached hydrogens (tertiary/aromatic N) is 8. The molecule has 10 amide bonds. The summed E-state index contributed by atoms with van der Waals surface area (Å²) in [5, 5.41) is 45.8. The van der Waals surface area contributed by atoms with Crippen LogP contribution in [0.3, 0.4) is 0 Å². The number of hydrogen-bond donors (Lipinski definition) is 7. The number of aliphatic hydroxyl groups excluding tert-OH is 2. The minimum Gasteiger partial charge on any atom is -0.390 e. The number of thioether (sulfide) groups is 1. The van der Waals surface area contributed by atoms with Crippen LogP contribution in [-0.2, 0) is 47.9 Å². The van der Waals surface area contributed by atoms with Crippen LogP contribution in [0.25, 0.3) is 0 Å². The molecule has 530 valence electrons. The molecule has 0 aliphatic carbocycles. The summed E-state index contributed by atoms with van der Waals surface area (Å²) in [6.07, 6.45) is 1.06. The molecule has 1 aliphatic rings. The van der Waals surface area contributed by atoms with Crippen molar-refractivity contribution in [2.24, 2.45) is 35.5 Å². The van der Waals surface area contributed by atoms with Gasteiger partial charge in [-0.05, 0) is 123 Å². The second kappa shape index (κ2) is 38.2. The zero-order valence-corrected chi connectivity index (χ0v) is 61.5. The molecule has 1 aliphatic heterocycles. The van der Waals surface area contributed by atoms with Crippen molar-refractivity contribution in [2.45, 2.75) is 240 Å². The first-order chi connectivity index (χ1) is 42.3. The molecule has 1 fully saturated rings. The molecule has 0 saturated carbocycles. The van der Waals surface area contributed by atoms with E-state index in [4.69, 9.17) is 0 Å². The normalized spacial score (nSPS) is 27.8. The standard InChI is InChI=1S/C66H122N12O13S/c1-27-29-30-42(13)53(79)52-57(83)69-45(28-2)59(85)78(26)65(92-32-31-71(18)19)64(90)75(23)49(36-66(16,17)91)56(82)70-50(40(9)10)62(88)72(20)46(33-37(3)4)55(81)67-43(14)54(80)68-44(15)58(84)73(21)47(34-38(5)6)60(86)74(22)48(35-39(7)8)61(87)76(24)51(41(11)12)63(89)77(52)25/h27,29,37-53,60,65,79,86,91H,28,30-36H2,1-26H3,(H,67,81)(H,68,80)(H,69,83)(H,70,82)/b29-27+/t42-,43+,44-,45+,46+,47+,48+,49+,50+,51+,52+,53-,60?,65-/m1/s1. The number of carbonyl (C=O) groups excluding carboxylic acids is 10. The van der Waals surface area contributed by atoms with Crippen LogP contribution in [0.2, 0.25) is 0 Å². The van der Waals surface area contributed by atoms with Crippen molar-refractivity contribution in [3.63, 3.8) is 0 Å². The summed E-state index contributed by atoms with van der Waals surface area (Å²) < 4.78 is 0. The first-order valence-electron chi connectivity index (χ1n) is 32.8. The fraction of sp³-hybridized carbons (Fsp3) is 0.818. The second-order valence-electron chi connectivity index (χ2n) is 28.4. The Labute approximate surface area is 555 Å². The molecule has 1 unspecified atom stereocenters. The SMILES string of the molecule is C/C=C/C[C@@H](C)[C@@H](O)[C@H]1C(=O)N[C@@H](CC)C(=O)N(C)[C@H](SCCN(C)C)C(=O)N(C)[C@@H](CC(C)(C)O)C(=O)N[C@@H](C(C)C)C(=O)N(C)[C@@H](CC(C)C)C(=O)N[C@@H](C)C(=O)N[C@H](C)C(=O)N(C)[C@@H](CC(C)C)C(O)N(C)[C@@H](CC(C)C)C(=O)N(C)[C@@H](C(C)C)C(=O)N1C. The molecule has 14 atom stereocenters. The van der Waals surface area contributed by atoms with Gasteiger partial charge in [-0.25, -0.2) is 0 Å². The maximum atomic E-state index is 15.3. The van der Waals surface area contributed by atoms with E-state index in [1.165, 1.54) is 94.5 Å². The predicted octanol–water partition coefficient (Wildman–Crippen LogP) is 2.80. The van der Waals surface area contributed by atoms with Crippen molar-refractivity contribution >= 4 is 70.8 Å². The fourth-order valence-corrected chi connectivity index (χ4v) is 12.7.